The van der Waals surface area contributed by atoms with Gasteiger partial charge in [-0.3, -0.25) is 9.69 Å². The Labute approximate surface area is 154 Å². The van der Waals surface area contributed by atoms with Crippen LogP contribution >= 0.6 is 11.6 Å². The van der Waals surface area contributed by atoms with Gasteiger partial charge in [0.1, 0.15) is 5.82 Å². The van der Waals surface area contributed by atoms with Crippen LogP contribution < -0.4 is 0 Å². The van der Waals surface area contributed by atoms with Gasteiger partial charge >= 0.3 is 0 Å². The minimum absolute atomic E-state index is 0.0345. The molecule has 0 aliphatic carbocycles. The number of benzene rings is 1. The summed E-state index contributed by atoms with van der Waals surface area (Å²) in [5, 5.41) is 0. The van der Waals surface area contributed by atoms with E-state index in [1.54, 1.807) is 23.1 Å². The molecule has 140 valence electrons. The minimum Gasteiger partial charge on any atom is -0.379 e. The third-order valence-electron chi connectivity index (χ3n) is 4.53. The molecule has 1 aromatic rings. The predicted octanol–water partition coefficient (Wildman–Crippen LogP) is 3.14. The highest BCUT2D eigenvalue weighted by molar-refractivity contribution is 6.19. The summed E-state index contributed by atoms with van der Waals surface area (Å²) in [5.74, 6) is -0.0758. The number of morpholine rings is 1. The lowest BCUT2D eigenvalue weighted by Gasteiger charge is -2.32. The summed E-state index contributed by atoms with van der Waals surface area (Å²) in [6, 6.07) is 6.61. The Bertz CT molecular complexity index is 562. The van der Waals surface area contributed by atoms with Gasteiger partial charge in [-0.25, -0.2) is 4.39 Å². The highest BCUT2D eigenvalue weighted by atomic mass is 35.5. The zero-order chi connectivity index (χ0) is 18.3. The van der Waals surface area contributed by atoms with Crippen molar-refractivity contribution in [3.63, 3.8) is 0 Å². The van der Waals surface area contributed by atoms with E-state index < -0.39 is 5.41 Å². The lowest BCUT2D eigenvalue weighted by atomic mass is 9.94. The van der Waals surface area contributed by atoms with Crippen LogP contribution in [0, 0.1) is 11.2 Å². The maximum atomic E-state index is 14.0. The van der Waals surface area contributed by atoms with Gasteiger partial charge in [0.2, 0.25) is 5.91 Å². The second-order valence-corrected chi connectivity index (χ2v) is 7.41. The molecule has 1 heterocycles. The van der Waals surface area contributed by atoms with Crippen LogP contribution in [0.4, 0.5) is 4.39 Å². The van der Waals surface area contributed by atoms with Gasteiger partial charge in [-0.2, -0.15) is 0 Å². The number of amides is 1. The van der Waals surface area contributed by atoms with Crippen LogP contribution in [0.2, 0.25) is 0 Å². The van der Waals surface area contributed by atoms with Gasteiger partial charge in [-0.05, 0) is 26.3 Å². The molecular weight excluding hydrogens is 343 g/mol. The number of halogens is 2. The number of ether oxygens (including phenoxy) is 1. The van der Waals surface area contributed by atoms with Crippen LogP contribution in [0.15, 0.2) is 24.3 Å². The Balaban J connectivity index is 2.00. The van der Waals surface area contributed by atoms with Crippen molar-refractivity contribution in [2.45, 2.75) is 26.8 Å². The fourth-order valence-electron chi connectivity index (χ4n) is 2.88. The summed E-state index contributed by atoms with van der Waals surface area (Å²) in [5.41, 5.74) is -0.126. The number of hydrogen-bond acceptors (Lipinski definition) is 3. The molecular formula is C19H28ClFN2O2. The van der Waals surface area contributed by atoms with Crippen molar-refractivity contribution in [2.24, 2.45) is 5.41 Å². The number of carbonyl (C=O) groups is 1. The number of hydrogen-bond donors (Lipinski definition) is 0. The summed E-state index contributed by atoms with van der Waals surface area (Å²) in [4.78, 5) is 17.0. The smallest absolute Gasteiger partial charge is 0.229 e. The SMILES string of the molecule is CC(C)(CCl)C(=O)N(CCCN1CCOCC1)Cc1ccccc1F. The van der Waals surface area contributed by atoms with Gasteiger partial charge in [0.05, 0.1) is 18.6 Å². The Morgan fingerprint density at radius 1 is 1.32 bits per heavy atom. The molecule has 0 N–H and O–H groups in total. The number of rotatable bonds is 8. The van der Waals surface area contributed by atoms with E-state index in [0.717, 1.165) is 39.3 Å². The predicted molar refractivity (Wildman–Crippen MR) is 98.2 cm³/mol. The van der Waals surface area contributed by atoms with E-state index in [0.29, 0.717) is 12.1 Å². The number of alkyl halides is 1. The van der Waals surface area contributed by atoms with Crippen LogP contribution in [-0.4, -0.2) is 61.0 Å². The monoisotopic (exact) mass is 370 g/mol. The zero-order valence-electron chi connectivity index (χ0n) is 15.1. The summed E-state index contributed by atoms with van der Waals surface area (Å²) in [6.07, 6.45) is 0.846. The molecule has 1 fully saturated rings. The minimum atomic E-state index is -0.661. The standard InChI is InChI=1S/C19H28ClFN2O2/c1-19(2,15-20)18(24)23(14-16-6-3-4-7-17(16)21)9-5-8-22-10-12-25-13-11-22/h3-4,6-7H,5,8-15H2,1-2H3. The van der Waals surface area contributed by atoms with E-state index in [4.69, 9.17) is 16.3 Å². The number of carbonyl (C=O) groups excluding carboxylic acids is 1. The third kappa shape index (κ3) is 5.94. The topological polar surface area (TPSA) is 32.8 Å². The maximum absolute atomic E-state index is 14.0. The van der Waals surface area contributed by atoms with Crippen LogP contribution in [-0.2, 0) is 16.1 Å². The van der Waals surface area contributed by atoms with E-state index in [2.05, 4.69) is 4.90 Å². The van der Waals surface area contributed by atoms with E-state index in [-0.39, 0.29) is 24.1 Å². The van der Waals surface area contributed by atoms with Crippen molar-refractivity contribution in [3.8, 4) is 0 Å². The molecule has 0 bridgehead atoms. The molecule has 25 heavy (non-hydrogen) atoms. The molecule has 4 nitrogen and oxygen atoms in total. The van der Waals surface area contributed by atoms with Crippen molar-refractivity contribution < 1.29 is 13.9 Å². The Morgan fingerprint density at radius 3 is 2.64 bits per heavy atom. The molecule has 1 saturated heterocycles. The Morgan fingerprint density at radius 2 is 2.00 bits per heavy atom. The fourth-order valence-corrected chi connectivity index (χ4v) is 2.99. The highest BCUT2D eigenvalue weighted by Crippen LogP contribution is 2.23. The van der Waals surface area contributed by atoms with Crippen molar-refractivity contribution in [1.29, 1.82) is 0 Å². The van der Waals surface area contributed by atoms with Crippen LogP contribution in [0.5, 0.6) is 0 Å². The normalized spacial score (nSPS) is 16.0. The Kier molecular flexibility index (Phi) is 7.66. The molecule has 1 aliphatic heterocycles. The molecule has 0 radical (unpaired) electrons. The summed E-state index contributed by atoms with van der Waals surface area (Å²) in [7, 11) is 0. The van der Waals surface area contributed by atoms with Crippen molar-refractivity contribution in [1.82, 2.24) is 9.80 Å². The van der Waals surface area contributed by atoms with Gasteiger partial charge in [0.15, 0.2) is 0 Å². The summed E-state index contributed by atoms with van der Waals surface area (Å²) in [6.45, 7) is 8.81. The lowest BCUT2D eigenvalue weighted by Crippen LogP contribution is -2.43. The first-order valence-electron chi connectivity index (χ1n) is 8.83. The second-order valence-electron chi connectivity index (χ2n) is 7.14. The zero-order valence-corrected chi connectivity index (χ0v) is 15.9. The molecule has 6 heteroatoms. The second kappa shape index (κ2) is 9.51. The fraction of sp³-hybridized carbons (Fsp3) is 0.632. The van der Waals surface area contributed by atoms with Crippen molar-refractivity contribution in [3.05, 3.63) is 35.6 Å². The lowest BCUT2D eigenvalue weighted by molar-refractivity contribution is -0.140. The van der Waals surface area contributed by atoms with Gasteiger partial charge in [0, 0.05) is 44.2 Å². The molecule has 1 aromatic carbocycles. The van der Waals surface area contributed by atoms with E-state index in [1.807, 2.05) is 13.8 Å². The molecule has 0 atom stereocenters. The van der Waals surface area contributed by atoms with Gasteiger partial charge in [-0.1, -0.05) is 18.2 Å². The molecule has 1 aliphatic rings. The van der Waals surface area contributed by atoms with Crippen LogP contribution in [0.1, 0.15) is 25.8 Å². The maximum Gasteiger partial charge on any atom is 0.229 e. The number of nitrogens with zero attached hydrogens (tertiary/aromatic N) is 2. The third-order valence-corrected chi connectivity index (χ3v) is 5.19. The first-order valence-corrected chi connectivity index (χ1v) is 9.36. The molecule has 0 spiro atoms. The van der Waals surface area contributed by atoms with E-state index >= 15 is 0 Å². The van der Waals surface area contributed by atoms with Gasteiger partial charge in [-0.15, -0.1) is 11.6 Å². The van der Waals surface area contributed by atoms with Crippen LogP contribution in [0.3, 0.4) is 0 Å². The molecule has 0 aromatic heterocycles. The van der Waals surface area contributed by atoms with Gasteiger partial charge in [0.25, 0.3) is 0 Å². The summed E-state index contributed by atoms with van der Waals surface area (Å²) < 4.78 is 19.4. The summed E-state index contributed by atoms with van der Waals surface area (Å²) >= 11 is 5.98. The first-order chi connectivity index (χ1) is 11.9. The Hall–Kier alpha value is -1.17. The van der Waals surface area contributed by atoms with E-state index in [9.17, 15) is 9.18 Å². The molecule has 0 saturated carbocycles. The average molecular weight is 371 g/mol. The van der Waals surface area contributed by atoms with Crippen molar-refractivity contribution >= 4 is 17.5 Å². The highest BCUT2D eigenvalue weighted by Gasteiger charge is 2.31. The molecule has 0 unspecified atom stereocenters. The molecule has 1 amide bonds. The van der Waals surface area contributed by atoms with Crippen molar-refractivity contribution in [2.75, 3.05) is 45.3 Å². The quantitative estimate of drug-likeness (QED) is 0.659. The van der Waals surface area contributed by atoms with Gasteiger partial charge < -0.3 is 9.64 Å². The van der Waals surface area contributed by atoms with Crippen LogP contribution in [0.25, 0.3) is 0 Å². The van der Waals surface area contributed by atoms with E-state index in [1.165, 1.54) is 6.07 Å². The molecule has 2 rings (SSSR count). The first kappa shape index (κ1) is 20.1. The average Bonchev–Trinajstić information content (AvgIpc) is 2.62. The largest absolute Gasteiger partial charge is 0.379 e.